The maximum Gasteiger partial charge on any atom is 0.241 e. The first kappa shape index (κ1) is 25.0. The van der Waals surface area contributed by atoms with Gasteiger partial charge in [-0.25, -0.2) is 4.99 Å². The number of aliphatic imine (C=N–C) groups is 1. The second kappa shape index (κ2) is 11.9. The Morgan fingerprint density at radius 2 is 1.74 bits per heavy atom. The molecule has 2 N–H and O–H groups in total. The first-order valence-electron chi connectivity index (χ1n) is 10.4. The minimum absolute atomic E-state index is 0. The molecule has 0 saturated heterocycles. The van der Waals surface area contributed by atoms with Crippen LogP contribution in [0.3, 0.4) is 0 Å². The predicted molar refractivity (Wildman–Crippen MR) is 136 cm³/mol. The zero-order valence-corrected chi connectivity index (χ0v) is 20.9. The Hall–Kier alpha value is -2.29. The Balaban J connectivity index is 0.00000341. The molecule has 0 aromatic heterocycles. The molecule has 1 saturated carbocycles. The lowest BCUT2D eigenvalue weighted by Crippen LogP contribution is -2.50. The normalized spacial score (nSPS) is 14.6. The molecule has 2 aromatic carbocycles. The smallest absolute Gasteiger partial charge is 0.241 e. The molecule has 0 bridgehead atoms. The number of nitrogens with zero attached hydrogens (tertiary/aromatic N) is 2. The highest BCUT2D eigenvalue weighted by molar-refractivity contribution is 14.0. The Morgan fingerprint density at radius 3 is 2.29 bits per heavy atom. The van der Waals surface area contributed by atoms with Crippen molar-refractivity contribution in [2.24, 2.45) is 4.99 Å². The average Bonchev–Trinajstić information content (AvgIpc) is 2.75. The van der Waals surface area contributed by atoms with Gasteiger partial charge in [0.25, 0.3) is 0 Å². The Kier molecular flexibility index (Phi) is 9.61. The number of benzene rings is 2. The largest absolute Gasteiger partial charge is 0.497 e. The number of guanidine groups is 1. The quantitative estimate of drug-likeness (QED) is 0.308. The van der Waals surface area contributed by atoms with Crippen molar-refractivity contribution in [2.45, 2.75) is 31.2 Å². The van der Waals surface area contributed by atoms with Gasteiger partial charge in [-0.15, -0.1) is 24.0 Å². The molecule has 0 heterocycles. The summed E-state index contributed by atoms with van der Waals surface area (Å²) in [4.78, 5) is 18.3. The minimum atomic E-state index is 0. The van der Waals surface area contributed by atoms with Crippen molar-refractivity contribution in [1.82, 2.24) is 15.5 Å². The summed E-state index contributed by atoms with van der Waals surface area (Å²) < 4.78 is 5.22. The summed E-state index contributed by atoms with van der Waals surface area (Å²) in [6, 6.07) is 18.5. The molecule has 0 atom stereocenters. The maximum absolute atomic E-state index is 12.0. The van der Waals surface area contributed by atoms with Crippen LogP contribution in [0.15, 0.2) is 59.6 Å². The molecule has 0 spiro atoms. The van der Waals surface area contributed by atoms with Crippen LogP contribution in [-0.2, 0) is 16.8 Å². The van der Waals surface area contributed by atoms with Crippen molar-refractivity contribution in [2.75, 3.05) is 34.3 Å². The zero-order chi connectivity index (χ0) is 21.4. The van der Waals surface area contributed by atoms with Gasteiger partial charge in [-0.3, -0.25) is 4.79 Å². The third-order valence-corrected chi connectivity index (χ3v) is 5.78. The fourth-order valence-corrected chi connectivity index (χ4v) is 3.61. The van der Waals surface area contributed by atoms with Crippen LogP contribution >= 0.6 is 24.0 Å². The number of halogens is 1. The molecule has 168 valence electrons. The molecule has 1 aliphatic carbocycles. The van der Waals surface area contributed by atoms with Crippen molar-refractivity contribution < 1.29 is 9.53 Å². The maximum atomic E-state index is 12.0. The second-order valence-corrected chi connectivity index (χ2v) is 8.01. The average molecular weight is 536 g/mol. The molecule has 0 radical (unpaired) electrons. The van der Waals surface area contributed by atoms with Gasteiger partial charge in [0.05, 0.1) is 20.2 Å². The molecular weight excluding hydrogens is 503 g/mol. The number of nitrogens with one attached hydrogen (secondary N) is 2. The van der Waals surface area contributed by atoms with Gasteiger partial charge in [0, 0.05) is 26.1 Å². The lowest BCUT2D eigenvalue weighted by atomic mass is 9.64. The van der Waals surface area contributed by atoms with Gasteiger partial charge in [0.2, 0.25) is 5.91 Å². The van der Waals surface area contributed by atoms with Crippen molar-refractivity contribution in [3.63, 3.8) is 0 Å². The van der Waals surface area contributed by atoms with Crippen LogP contribution in [-0.4, -0.2) is 51.1 Å². The molecule has 2 aromatic rings. The molecule has 3 rings (SSSR count). The fourth-order valence-electron chi connectivity index (χ4n) is 3.61. The number of amides is 1. The van der Waals surface area contributed by atoms with Gasteiger partial charge in [0.1, 0.15) is 5.75 Å². The number of ether oxygens (including phenoxy) is 1. The van der Waals surface area contributed by atoms with Crippen LogP contribution in [0.2, 0.25) is 0 Å². The topological polar surface area (TPSA) is 66.0 Å². The zero-order valence-electron chi connectivity index (χ0n) is 18.6. The minimum Gasteiger partial charge on any atom is -0.497 e. The SMILES string of the molecule is COc1ccc(CN=C(NCC(=O)N(C)C)NCC2(c3ccccc3)CCC2)cc1.I. The van der Waals surface area contributed by atoms with E-state index < -0.39 is 0 Å². The van der Waals surface area contributed by atoms with Gasteiger partial charge < -0.3 is 20.3 Å². The van der Waals surface area contributed by atoms with E-state index in [9.17, 15) is 4.79 Å². The monoisotopic (exact) mass is 536 g/mol. The summed E-state index contributed by atoms with van der Waals surface area (Å²) >= 11 is 0. The van der Waals surface area contributed by atoms with Gasteiger partial charge >= 0.3 is 0 Å². The van der Waals surface area contributed by atoms with E-state index in [2.05, 4.69) is 41.0 Å². The summed E-state index contributed by atoms with van der Waals surface area (Å²) in [5.74, 6) is 1.49. The third kappa shape index (κ3) is 6.85. The number of carbonyl (C=O) groups excluding carboxylic acids is 1. The highest BCUT2D eigenvalue weighted by Crippen LogP contribution is 2.43. The van der Waals surface area contributed by atoms with Gasteiger partial charge in [-0.2, -0.15) is 0 Å². The number of likely N-dealkylation sites (N-methyl/N-ethyl adjacent to an activating group) is 1. The number of carbonyl (C=O) groups is 1. The molecule has 7 heteroatoms. The molecule has 0 aliphatic heterocycles. The number of methoxy groups -OCH3 is 1. The van der Waals surface area contributed by atoms with Crippen LogP contribution in [0.25, 0.3) is 0 Å². The van der Waals surface area contributed by atoms with E-state index in [1.807, 2.05) is 24.3 Å². The van der Waals surface area contributed by atoms with E-state index in [1.54, 1.807) is 26.1 Å². The van der Waals surface area contributed by atoms with Crippen molar-refractivity contribution in [3.05, 3.63) is 65.7 Å². The Bertz CT molecular complexity index is 850. The highest BCUT2D eigenvalue weighted by atomic mass is 127. The van der Waals surface area contributed by atoms with E-state index in [-0.39, 0.29) is 41.8 Å². The van der Waals surface area contributed by atoms with E-state index in [4.69, 9.17) is 9.73 Å². The first-order chi connectivity index (χ1) is 14.5. The second-order valence-electron chi connectivity index (χ2n) is 8.01. The van der Waals surface area contributed by atoms with E-state index >= 15 is 0 Å². The molecule has 6 nitrogen and oxygen atoms in total. The Labute approximate surface area is 202 Å². The molecule has 1 amide bonds. The third-order valence-electron chi connectivity index (χ3n) is 5.78. The van der Waals surface area contributed by atoms with E-state index in [0.29, 0.717) is 12.5 Å². The predicted octanol–water partition coefficient (Wildman–Crippen LogP) is 3.56. The molecule has 0 unspecified atom stereocenters. The molecule has 1 fully saturated rings. The van der Waals surface area contributed by atoms with Crippen molar-refractivity contribution >= 4 is 35.8 Å². The number of hydrogen-bond acceptors (Lipinski definition) is 3. The molecular formula is C24H33IN4O2. The summed E-state index contributed by atoms with van der Waals surface area (Å²) in [5.41, 5.74) is 2.58. The van der Waals surface area contributed by atoms with E-state index in [0.717, 1.165) is 30.7 Å². The first-order valence-corrected chi connectivity index (χ1v) is 10.4. The van der Waals surface area contributed by atoms with E-state index in [1.165, 1.54) is 12.0 Å². The van der Waals surface area contributed by atoms with Crippen LogP contribution in [0.5, 0.6) is 5.75 Å². The standard InChI is InChI=1S/C24H32N4O2.HI/c1-28(2)22(29)17-26-23(25-16-19-10-12-21(30-3)13-11-19)27-18-24(14-7-15-24)20-8-5-4-6-9-20;/h4-6,8-13H,7,14-18H2,1-3H3,(H2,25,26,27);1H. The fraction of sp³-hybridized carbons (Fsp3) is 0.417. The summed E-state index contributed by atoms with van der Waals surface area (Å²) in [6.45, 7) is 1.52. The number of rotatable bonds is 8. The van der Waals surface area contributed by atoms with Gasteiger partial charge in [0.15, 0.2) is 5.96 Å². The van der Waals surface area contributed by atoms with Crippen LogP contribution in [0.4, 0.5) is 0 Å². The van der Waals surface area contributed by atoms with Gasteiger partial charge in [-0.05, 0) is 36.1 Å². The summed E-state index contributed by atoms with van der Waals surface area (Å²) in [6.07, 6.45) is 3.56. The Morgan fingerprint density at radius 1 is 1.06 bits per heavy atom. The highest BCUT2D eigenvalue weighted by Gasteiger charge is 2.38. The summed E-state index contributed by atoms with van der Waals surface area (Å²) in [5, 5.41) is 6.68. The lowest BCUT2D eigenvalue weighted by Gasteiger charge is -2.43. The van der Waals surface area contributed by atoms with Crippen LogP contribution in [0.1, 0.15) is 30.4 Å². The number of hydrogen-bond donors (Lipinski definition) is 2. The summed E-state index contributed by atoms with van der Waals surface area (Å²) in [7, 11) is 5.17. The lowest BCUT2D eigenvalue weighted by molar-refractivity contribution is -0.127. The molecule has 31 heavy (non-hydrogen) atoms. The van der Waals surface area contributed by atoms with Crippen molar-refractivity contribution in [3.8, 4) is 5.75 Å². The van der Waals surface area contributed by atoms with Crippen LogP contribution < -0.4 is 15.4 Å². The van der Waals surface area contributed by atoms with Gasteiger partial charge in [-0.1, -0.05) is 48.9 Å². The van der Waals surface area contributed by atoms with Crippen molar-refractivity contribution in [1.29, 1.82) is 0 Å². The van der Waals surface area contributed by atoms with Crippen LogP contribution in [0, 0.1) is 0 Å². The molecule has 1 aliphatic rings.